The summed E-state index contributed by atoms with van der Waals surface area (Å²) in [6, 6.07) is 9.07. The van der Waals surface area contributed by atoms with Crippen LogP contribution in [0.5, 0.6) is 0 Å². The van der Waals surface area contributed by atoms with Crippen molar-refractivity contribution < 1.29 is 9.90 Å². The van der Waals surface area contributed by atoms with Crippen LogP contribution in [-0.4, -0.2) is 44.1 Å². The minimum atomic E-state index is -0.824. The van der Waals surface area contributed by atoms with Crippen molar-refractivity contribution in [1.29, 1.82) is 0 Å². The first-order valence-corrected chi connectivity index (χ1v) is 9.04. The van der Waals surface area contributed by atoms with Crippen LogP contribution in [-0.2, 0) is 17.6 Å². The SMILES string of the molecule is [B]CCCCC(CCCNC1Cc2ccccc2C1)(NC)C(=O)O. The Labute approximate surface area is 146 Å². The second-order valence-corrected chi connectivity index (χ2v) is 6.81. The van der Waals surface area contributed by atoms with Crippen molar-refractivity contribution in [2.24, 2.45) is 0 Å². The summed E-state index contributed by atoms with van der Waals surface area (Å²) in [6.07, 6.45) is 6.59. The van der Waals surface area contributed by atoms with Crippen LogP contribution >= 0.6 is 0 Å². The first-order chi connectivity index (χ1) is 11.6. The van der Waals surface area contributed by atoms with E-state index in [2.05, 4.69) is 34.9 Å². The van der Waals surface area contributed by atoms with E-state index in [9.17, 15) is 9.90 Å². The predicted molar refractivity (Wildman–Crippen MR) is 98.7 cm³/mol. The van der Waals surface area contributed by atoms with E-state index in [-0.39, 0.29) is 0 Å². The third-order valence-corrected chi connectivity index (χ3v) is 5.21. The summed E-state index contributed by atoms with van der Waals surface area (Å²) >= 11 is 0. The lowest BCUT2D eigenvalue weighted by molar-refractivity contribution is -0.145. The molecule has 4 nitrogen and oxygen atoms in total. The minimum Gasteiger partial charge on any atom is -0.480 e. The first-order valence-electron chi connectivity index (χ1n) is 9.04. The Morgan fingerprint density at radius 3 is 2.38 bits per heavy atom. The van der Waals surface area contributed by atoms with Crippen LogP contribution < -0.4 is 10.6 Å². The summed E-state index contributed by atoms with van der Waals surface area (Å²) in [5.74, 6) is -0.754. The van der Waals surface area contributed by atoms with Crippen molar-refractivity contribution in [2.75, 3.05) is 13.6 Å². The van der Waals surface area contributed by atoms with Crippen molar-refractivity contribution in [3.63, 3.8) is 0 Å². The van der Waals surface area contributed by atoms with Gasteiger partial charge in [0.2, 0.25) is 0 Å². The molecule has 1 aromatic carbocycles. The molecular weight excluding hydrogens is 299 g/mol. The standard InChI is InChI=1S/C19H29BN2O2/c1-21-19(18(23)24,9-4-5-11-20)10-6-12-22-17-13-15-7-2-3-8-16(15)14-17/h2-3,7-8,17,21-22H,4-6,9-14H2,1H3,(H,23,24). The zero-order valence-electron chi connectivity index (χ0n) is 14.7. The zero-order valence-corrected chi connectivity index (χ0v) is 14.7. The van der Waals surface area contributed by atoms with E-state index in [1.165, 1.54) is 11.1 Å². The molecule has 5 heteroatoms. The summed E-state index contributed by atoms with van der Waals surface area (Å²) in [5, 5.41) is 16.3. The average Bonchev–Trinajstić information content (AvgIpc) is 2.99. The van der Waals surface area contributed by atoms with Crippen LogP contribution in [0.4, 0.5) is 0 Å². The predicted octanol–water partition coefficient (Wildman–Crippen LogP) is 2.32. The molecule has 1 unspecified atom stereocenters. The van der Waals surface area contributed by atoms with Crippen molar-refractivity contribution in [1.82, 2.24) is 10.6 Å². The van der Waals surface area contributed by atoms with Crippen molar-refractivity contribution >= 4 is 13.8 Å². The lowest BCUT2D eigenvalue weighted by atomic mass is 9.86. The molecule has 0 aromatic heterocycles. The largest absolute Gasteiger partial charge is 0.480 e. The van der Waals surface area contributed by atoms with Gasteiger partial charge in [-0.2, -0.15) is 0 Å². The Hall–Kier alpha value is -1.33. The molecule has 0 heterocycles. The van der Waals surface area contributed by atoms with Crippen molar-refractivity contribution in [3.8, 4) is 0 Å². The molecule has 1 aliphatic carbocycles. The number of nitrogens with one attached hydrogen (secondary N) is 2. The van der Waals surface area contributed by atoms with E-state index in [0.717, 1.165) is 38.6 Å². The fraction of sp³-hybridized carbons (Fsp3) is 0.632. The number of unbranched alkanes of at least 4 members (excludes halogenated alkanes) is 1. The quantitative estimate of drug-likeness (QED) is 0.431. The fourth-order valence-electron chi connectivity index (χ4n) is 3.67. The molecule has 0 amide bonds. The van der Waals surface area contributed by atoms with Gasteiger partial charge in [0.25, 0.3) is 0 Å². The highest BCUT2D eigenvalue weighted by molar-refractivity contribution is 6.08. The van der Waals surface area contributed by atoms with Gasteiger partial charge in [-0.1, -0.05) is 43.4 Å². The fourth-order valence-corrected chi connectivity index (χ4v) is 3.67. The van der Waals surface area contributed by atoms with E-state index in [0.29, 0.717) is 25.2 Å². The number of carboxylic acid groups (broad SMARTS) is 1. The smallest absolute Gasteiger partial charge is 0.323 e. The maximum atomic E-state index is 11.7. The third-order valence-electron chi connectivity index (χ3n) is 5.21. The normalized spacial score (nSPS) is 16.7. The van der Waals surface area contributed by atoms with Gasteiger partial charge in [-0.05, 0) is 56.8 Å². The lowest BCUT2D eigenvalue weighted by Gasteiger charge is -2.29. The van der Waals surface area contributed by atoms with Gasteiger partial charge in [-0.3, -0.25) is 4.79 Å². The summed E-state index contributed by atoms with van der Waals surface area (Å²) in [6.45, 7) is 0.853. The maximum absolute atomic E-state index is 11.7. The number of hydrogen-bond acceptors (Lipinski definition) is 3. The molecule has 0 saturated carbocycles. The first kappa shape index (κ1) is 19.0. The number of benzene rings is 1. The second-order valence-electron chi connectivity index (χ2n) is 6.81. The molecule has 0 saturated heterocycles. The van der Waals surface area contributed by atoms with Gasteiger partial charge in [0, 0.05) is 6.04 Å². The summed E-state index contributed by atoms with van der Waals surface area (Å²) < 4.78 is 0. The molecule has 1 aromatic rings. The number of aliphatic carboxylic acids is 1. The van der Waals surface area contributed by atoms with Crippen LogP contribution in [0.2, 0.25) is 6.32 Å². The van der Waals surface area contributed by atoms with Crippen molar-refractivity contribution in [3.05, 3.63) is 35.4 Å². The van der Waals surface area contributed by atoms with E-state index in [1.807, 2.05) is 0 Å². The molecular formula is C19H29BN2O2. The Bertz CT molecular complexity index is 513. The van der Waals surface area contributed by atoms with Gasteiger partial charge in [-0.15, -0.1) is 0 Å². The maximum Gasteiger partial charge on any atom is 0.323 e. The molecule has 0 fully saturated rings. The molecule has 24 heavy (non-hydrogen) atoms. The number of likely N-dealkylation sites (N-methyl/N-ethyl adjacent to an activating group) is 1. The molecule has 0 bridgehead atoms. The summed E-state index contributed by atoms with van der Waals surface area (Å²) in [5.41, 5.74) is 2.05. The molecule has 1 aliphatic rings. The van der Waals surface area contributed by atoms with Gasteiger partial charge in [0.15, 0.2) is 0 Å². The number of carbonyl (C=O) groups is 1. The van der Waals surface area contributed by atoms with Gasteiger partial charge in [0.1, 0.15) is 5.54 Å². The van der Waals surface area contributed by atoms with Crippen LogP contribution in [0.15, 0.2) is 24.3 Å². The van der Waals surface area contributed by atoms with E-state index >= 15 is 0 Å². The van der Waals surface area contributed by atoms with Gasteiger partial charge in [0.05, 0.1) is 7.85 Å². The Balaban J connectivity index is 1.76. The molecule has 2 radical (unpaired) electrons. The van der Waals surface area contributed by atoms with Crippen LogP contribution in [0.3, 0.4) is 0 Å². The molecule has 130 valence electrons. The van der Waals surface area contributed by atoms with Crippen LogP contribution in [0.25, 0.3) is 0 Å². The summed E-state index contributed by atoms with van der Waals surface area (Å²) in [4.78, 5) is 11.7. The average molecular weight is 328 g/mol. The number of fused-ring (bicyclic) bond motifs is 1. The van der Waals surface area contributed by atoms with Crippen molar-refractivity contribution in [2.45, 2.75) is 62.8 Å². The van der Waals surface area contributed by atoms with Gasteiger partial charge < -0.3 is 15.7 Å². The third kappa shape index (κ3) is 4.84. The molecule has 0 aliphatic heterocycles. The lowest BCUT2D eigenvalue weighted by Crippen LogP contribution is -2.50. The summed E-state index contributed by atoms with van der Waals surface area (Å²) in [7, 11) is 7.27. The Morgan fingerprint density at radius 1 is 1.21 bits per heavy atom. The topological polar surface area (TPSA) is 61.4 Å². The van der Waals surface area contributed by atoms with Crippen LogP contribution in [0, 0.1) is 0 Å². The number of carboxylic acids is 1. The van der Waals surface area contributed by atoms with E-state index in [1.54, 1.807) is 7.05 Å². The molecule has 2 rings (SSSR count). The van der Waals surface area contributed by atoms with E-state index < -0.39 is 11.5 Å². The molecule has 0 spiro atoms. The van der Waals surface area contributed by atoms with Gasteiger partial charge >= 0.3 is 5.97 Å². The molecule has 3 N–H and O–H groups in total. The Morgan fingerprint density at radius 2 is 1.83 bits per heavy atom. The molecule has 1 atom stereocenters. The highest BCUT2D eigenvalue weighted by atomic mass is 16.4. The highest BCUT2D eigenvalue weighted by Crippen LogP contribution is 2.23. The zero-order chi connectivity index (χ0) is 17.4. The highest BCUT2D eigenvalue weighted by Gasteiger charge is 2.35. The van der Waals surface area contributed by atoms with Crippen LogP contribution in [0.1, 0.15) is 43.2 Å². The number of hydrogen-bond donors (Lipinski definition) is 3. The number of rotatable bonds is 11. The van der Waals surface area contributed by atoms with Gasteiger partial charge in [-0.25, -0.2) is 0 Å². The second kappa shape index (κ2) is 9.23. The van der Waals surface area contributed by atoms with E-state index in [4.69, 9.17) is 7.85 Å². The minimum absolute atomic E-state index is 0.480. The Kier molecular flexibility index (Phi) is 7.31. The monoisotopic (exact) mass is 328 g/mol.